The average Bonchev–Trinajstić information content (AvgIpc) is 3.38. The van der Waals surface area contributed by atoms with Gasteiger partial charge in [-0.2, -0.15) is 0 Å². The maximum absolute atomic E-state index is 12.7. The minimum Gasteiger partial charge on any atom is -0.467 e. The van der Waals surface area contributed by atoms with Crippen LogP contribution in [-0.4, -0.2) is 27.1 Å². The predicted molar refractivity (Wildman–Crippen MR) is 116 cm³/mol. The zero-order valence-electron chi connectivity index (χ0n) is 16.2. The summed E-state index contributed by atoms with van der Waals surface area (Å²) in [5, 5.41) is 14.6. The second-order valence-corrected chi connectivity index (χ2v) is 8.87. The number of nitrogens with zero attached hydrogens (tertiary/aromatic N) is 2. The summed E-state index contributed by atoms with van der Waals surface area (Å²) in [7, 11) is 0. The predicted octanol–water partition coefficient (Wildman–Crippen LogP) is 4.85. The summed E-state index contributed by atoms with van der Waals surface area (Å²) in [5.41, 5.74) is 1.29. The number of carbonyl (C=O) groups is 2. The number of aromatic nitrogens is 2. The Bertz CT molecular complexity index is 939. The van der Waals surface area contributed by atoms with Gasteiger partial charge in [0.15, 0.2) is 10.1 Å². The molecule has 2 N–H and O–H groups in total. The van der Waals surface area contributed by atoms with Crippen LogP contribution >= 0.6 is 23.1 Å². The molecule has 2 heterocycles. The van der Waals surface area contributed by atoms with Crippen LogP contribution in [0.5, 0.6) is 0 Å². The third-order valence-corrected chi connectivity index (χ3v) is 6.04. The molecular formula is C20H22N4O3S2. The van der Waals surface area contributed by atoms with Crippen molar-refractivity contribution in [2.24, 2.45) is 0 Å². The highest BCUT2D eigenvalue weighted by Gasteiger charge is 2.19. The van der Waals surface area contributed by atoms with Crippen molar-refractivity contribution in [3.05, 3.63) is 54.0 Å². The molecule has 152 valence electrons. The molecule has 1 unspecified atom stereocenters. The van der Waals surface area contributed by atoms with Gasteiger partial charge in [0.05, 0.1) is 18.1 Å². The molecule has 1 amide bonds. The largest absolute Gasteiger partial charge is 0.467 e. The number of hydrogen-bond acceptors (Lipinski definition) is 8. The standard InChI is InChI=1S/C20H22N4O3S2/c1-3-5-17(25)22-15-9-7-14(8-10-15)18(26)13(2)28-20-24-23-19(29-20)21-12-16-6-4-11-27-16/h4,6-11,13H,3,5,12H2,1-2H3,(H,21,23)(H,22,25). The van der Waals surface area contributed by atoms with Gasteiger partial charge >= 0.3 is 0 Å². The molecule has 7 nitrogen and oxygen atoms in total. The van der Waals surface area contributed by atoms with E-state index in [2.05, 4.69) is 20.8 Å². The smallest absolute Gasteiger partial charge is 0.224 e. The maximum Gasteiger partial charge on any atom is 0.224 e. The van der Waals surface area contributed by atoms with Crippen LogP contribution < -0.4 is 10.6 Å². The molecule has 2 aromatic heterocycles. The van der Waals surface area contributed by atoms with E-state index < -0.39 is 0 Å². The van der Waals surface area contributed by atoms with Gasteiger partial charge in [0.2, 0.25) is 11.0 Å². The zero-order chi connectivity index (χ0) is 20.6. The Hall–Kier alpha value is -2.65. The van der Waals surface area contributed by atoms with Crippen LogP contribution in [0.1, 0.15) is 42.8 Å². The van der Waals surface area contributed by atoms with E-state index in [4.69, 9.17) is 4.42 Å². The van der Waals surface area contributed by atoms with Crippen LogP contribution in [0.2, 0.25) is 0 Å². The van der Waals surface area contributed by atoms with E-state index in [-0.39, 0.29) is 16.9 Å². The molecule has 1 atom stereocenters. The highest BCUT2D eigenvalue weighted by molar-refractivity contribution is 8.02. The van der Waals surface area contributed by atoms with Gasteiger partial charge in [-0.3, -0.25) is 9.59 Å². The normalized spacial score (nSPS) is 11.8. The Labute approximate surface area is 177 Å². The van der Waals surface area contributed by atoms with Gasteiger partial charge in [-0.15, -0.1) is 10.2 Å². The number of hydrogen-bond donors (Lipinski definition) is 2. The lowest BCUT2D eigenvalue weighted by atomic mass is 10.1. The number of anilines is 2. The number of ketones is 1. The third kappa shape index (κ3) is 6.16. The van der Waals surface area contributed by atoms with Crippen molar-refractivity contribution in [1.29, 1.82) is 0 Å². The number of benzene rings is 1. The molecule has 0 aliphatic carbocycles. The second-order valence-electron chi connectivity index (χ2n) is 6.31. The lowest BCUT2D eigenvalue weighted by Gasteiger charge is -2.09. The molecule has 3 aromatic rings. The molecule has 0 aliphatic heterocycles. The molecule has 29 heavy (non-hydrogen) atoms. The van der Waals surface area contributed by atoms with Crippen LogP contribution in [0.15, 0.2) is 51.4 Å². The number of rotatable bonds is 10. The third-order valence-electron chi connectivity index (χ3n) is 3.98. The fourth-order valence-electron chi connectivity index (χ4n) is 2.51. The van der Waals surface area contributed by atoms with Crippen LogP contribution in [0.4, 0.5) is 10.8 Å². The first-order valence-electron chi connectivity index (χ1n) is 9.25. The number of Topliss-reactive ketones (excluding diaryl/α,β-unsaturated/α-hetero) is 1. The van der Waals surface area contributed by atoms with Gasteiger partial charge in [0.25, 0.3) is 0 Å². The first kappa shape index (κ1) is 21.1. The van der Waals surface area contributed by atoms with Crippen LogP contribution in [0.25, 0.3) is 0 Å². The van der Waals surface area contributed by atoms with Crippen molar-refractivity contribution in [2.45, 2.75) is 42.8 Å². The lowest BCUT2D eigenvalue weighted by molar-refractivity contribution is -0.116. The topological polar surface area (TPSA) is 97.1 Å². The Balaban J connectivity index is 1.53. The molecule has 0 fully saturated rings. The van der Waals surface area contributed by atoms with Crippen LogP contribution in [0.3, 0.4) is 0 Å². The van der Waals surface area contributed by atoms with Crippen LogP contribution in [0, 0.1) is 0 Å². The van der Waals surface area contributed by atoms with Gasteiger partial charge in [-0.25, -0.2) is 0 Å². The molecule has 0 radical (unpaired) electrons. The Morgan fingerprint density at radius 1 is 1.21 bits per heavy atom. The molecule has 0 spiro atoms. The molecule has 1 aromatic carbocycles. The molecular weight excluding hydrogens is 408 g/mol. The fourth-order valence-corrected chi connectivity index (χ4v) is 4.48. The van der Waals surface area contributed by atoms with E-state index >= 15 is 0 Å². The van der Waals surface area contributed by atoms with Gasteiger partial charge in [-0.05, 0) is 49.7 Å². The van der Waals surface area contributed by atoms with Crippen molar-refractivity contribution in [1.82, 2.24) is 10.2 Å². The van der Waals surface area contributed by atoms with Crippen molar-refractivity contribution >= 4 is 45.6 Å². The molecule has 0 saturated carbocycles. The Kier molecular flexibility index (Phi) is 7.42. The van der Waals surface area contributed by atoms with E-state index in [0.29, 0.717) is 29.3 Å². The fraction of sp³-hybridized carbons (Fsp3) is 0.300. The summed E-state index contributed by atoms with van der Waals surface area (Å²) < 4.78 is 5.99. The second kappa shape index (κ2) is 10.2. The van der Waals surface area contributed by atoms with Gasteiger partial charge in [0.1, 0.15) is 5.76 Å². The summed E-state index contributed by atoms with van der Waals surface area (Å²) >= 11 is 2.77. The average molecular weight is 431 g/mol. The monoisotopic (exact) mass is 430 g/mol. The highest BCUT2D eigenvalue weighted by atomic mass is 32.2. The lowest BCUT2D eigenvalue weighted by Crippen LogP contribution is -2.14. The van der Waals surface area contributed by atoms with Gasteiger partial charge in [-0.1, -0.05) is 30.0 Å². The maximum atomic E-state index is 12.7. The highest BCUT2D eigenvalue weighted by Crippen LogP contribution is 2.30. The minimum absolute atomic E-state index is 0.00160. The zero-order valence-corrected chi connectivity index (χ0v) is 17.8. The quantitative estimate of drug-likeness (QED) is 0.351. The summed E-state index contributed by atoms with van der Waals surface area (Å²) in [6, 6.07) is 10.7. The van der Waals surface area contributed by atoms with E-state index in [0.717, 1.165) is 16.5 Å². The molecule has 0 aliphatic rings. The number of carbonyl (C=O) groups excluding carboxylic acids is 2. The number of nitrogens with one attached hydrogen (secondary N) is 2. The van der Waals surface area contributed by atoms with Crippen LogP contribution in [-0.2, 0) is 11.3 Å². The number of thioether (sulfide) groups is 1. The minimum atomic E-state index is -0.304. The molecule has 3 rings (SSSR count). The molecule has 0 saturated heterocycles. The summed E-state index contributed by atoms with van der Waals surface area (Å²) in [6.07, 6.45) is 2.90. The molecule has 9 heteroatoms. The van der Waals surface area contributed by atoms with E-state index in [1.807, 2.05) is 26.0 Å². The SMILES string of the molecule is CCCC(=O)Nc1ccc(C(=O)C(C)Sc2nnc(NCc3ccco3)s2)cc1. The van der Waals surface area contributed by atoms with Crippen molar-refractivity contribution in [3.63, 3.8) is 0 Å². The van der Waals surface area contributed by atoms with E-state index in [1.165, 1.54) is 23.1 Å². The summed E-state index contributed by atoms with van der Waals surface area (Å²) in [6.45, 7) is 4.33. The summed E-state index contributed by atoms with van der Waals surface area (Å²) in [4.78, 5) is 24.3. The van der Waals surface area contributed by atoms with Gasteiger partial charge in [0, 0.05) is 17.7 Å². The van der Waals surface area contributed by atoms with Gasteiger partial charge < -0.3 is 15.1 Å². The number of furan rings is 1. The summed E-state index contributed by atoms with van der Waals surface area (Å²) in [5.74, 6) is 0.789. The van der Waals surface area contributed by atoms with E-state index in [9.17, 15) is 9.59 Å². The first-order chi connectivity index (χ1) is 14.0. The van der Waals surface area contributed by atoms with Crippen molar-refractivity contribution in [3.8, 4) is 0 Å². The Morgan fingerprint density at radius 2 is 2.00 bits per heavy atom. The molecule has 0 bridgehead atoms. The van der Waals surface area contributed by atoms with Crippen molar-refractivity contribution < 1.29 is 14.0 Å². The first-order valence-corrected chi connectivity index (χ1v) is 11.0. The van der Waals surface area contributed by atoms with Crippen molar-refractivity contribution in [2.75, 3.05) is 10.6 Å². The Morgan fingerprint density at radius 3 is 2.69 bits per heavy atom. The van der Waals surface area contributed by atoms with E-state index in [1.54, 1.807) is 30.5 Å². The number of amides is 1.